The molecule has 70 valence electrons. The Morgan fingerprint density at radius 3 is 2.77 bits per heavy atom. The first kappa shape index (κ1) is 9.63. The van der Waals surface area contributed by atoms with E-state index in [0.717, 1.165) is 0 Å². The molecule has 5 heteroatoms. The first-order chi connectivity index (χ1) is 6.34. The van der Waals surface area contributed by atoms with Gasteiger partial charge in [0.15, 0.2) is 0 Å². The van der Waals surface area contributed by atoms with Crippen molar-refractivity contribution in [2.45, 2.75) is 0 Å². The molecule has 0 aliphatic rings. The lowest BCUT2D eigenvalue weighted by atomic mass is 10.3. The number of aliphatic hydroxyl groups is 1. The maximum absolute atomic E-state index is 11.2. The van der Waals surface area contributed by atoms with E-state index in [0.29, 0.717) is 12.1 Å². The smallest absolute Gasteiger partial charge is 0.265 e. The molecule has 1 aromatic heterocycles. The molecule has 0 spiro atoms. The van der Waals surface area contributed by atoms with Crippen molar-refractivity contribution in [3.05, 3.63) is 30.1 Å². The molecule has 0 saturated heterocycles. The second kappa shape index (κ2) is 5.23. The van der Waals surface area contributed by atoms with E-state index in [1.807, 2.05) is 0 Å². The van der Waals surface area contributed by atoms with Gasteiger partial charge in [-0.25, -0.2) is 5.43 Å². The number of carbonyl (C=O) groups is 1. The van der Waals surface area contributed by atoms with E-state index < -0.39 is 0 Å². The third kappa shape index (κ3) is 3.18. The molecule has 1 heterocycles. The fourth-order valence-corrected chi connectivity index (χ4v) is 0.774. The van der Waals surface area contributed by atoms with Crippen LogP contribution in [0.1, 0.15) is 10.4 Å². The molecule has 5 nitrogen and oxygen atoms in total. The van der Waals surface area contributed by atoms with Crippen LogP contribution in [0.15, 0.2) is 24.5 Å². The lowest BCUT2D eigenvalue weighted by Gasteiger charge is -2.04. The van der Waals surface area contributed by atoms with Gasteiger partial charge in [-0.3, -0.25) is 15.2 Å². The van der Waals surface area contributed by atoms with E-state index in [2.05, 4.69) is 15.8 Å². The van der Waals surface area contributed by atoms with Gasteiger partial charge in [0, 0.05) is 24.5 Å². The first-order valence-corrected chi connectivity index (χ1v) is 3.88. The molecule has 3 N–H and O–H groups in total. The van der Waals surface area contributed by atoms with E-state index in [4.69, 9.17) is 5.11 Å². The highest BCUT2D eigenvalue weighted by molar-refractivity contribution is 5.93. The minimum absolute atomic E-state index is 0.0172. The van der Waals surface area contributed by atoms with Crippen LogP contribution in [-0.4, -0.2) is 29.1 Å². The molecule has 0 unspecified atom stereocenters. The first-order valence-electron chi connectivity index (χ1n) is 3.88. The Labute approximate surface area is 75.8 Å². The molecule has 0 aliphatic heterocycles. The summed E-state index contributed by atoms with van der Waals surface area (Å²) >= 11 is 0. The highest BCUT2D eigenvalue weighted by Gasteiger charge is 2.01. The van der Waals surface area contributed by atoms with Crippen LogP contribution >= 0.6 is 0 Å². The molecule has 0 aliphatic carbocycles. The highest BCUT2D eigenvalue weighted by Crippen LogP contribution is 1.93. The summed E-state index contributed by atoms with van der Waals surface area (Å²) in [6, 6.07) is 3.21. The number of aliphatic hydroxyl groups excluding tert-OH is 1. The van der Waals surface area contributed by atoms with Crippen LogP contribution in [0.4, 0.5) is 0 Å². The Balaban J connectivity index is 2.40. The largest absolute Gasteiger partial charge is 0.395 e. The standard InChI is InChI=1S/C8H11N3O2/c12-6-5-10-11-8(13)7-1-3-9-4-2-7/h1-4,10,12H,5-6H2,(H,11,13). The number of hydrogen-bond donors (Lipinski definition) is 3. The minimum Gasteiger partial charge on any atom is -0.395 e. The number of amides is 1. The average Bonchev–Trinajstić information content (AvgIpc) is 2.19. The van der Waals surface area contributed by atoms with Gasteiger partial charge in [0.1, 0.15) is 0 Å². The fourth-order valence-electron chi connectivity index (χ4n) is 0.774. The number of hydrogen-bond acceptors (Lipinski definition) is 4. The topological polar surface area (TPSA) is 74.2 Å². The number of nitrogens with one attached hydrogen (secondary N) is 2. The van der Waals surface area contributed by atoms with Crippen molar-refractivity contribution in [1.29, 1.82) is 0 Å². The van der Waals surface area contributed by atoms with Gasteiger partial charge in [-0.2, -0.15) is 0 Å². The number of rotatable bonds is 4. The number of pyridine rings is 1. The summed E-state index contributed by atoms with van der Waals surface area (Å²) in [6.07, 6.45) is 3.09. The summed E-state index contributed by atoms with van der Waals surface area (Å²) in [7, 11) is 0. The Kier molecular flexibility index (Phi) is 3.87. The molecule has 0 atom stereocenters. The summed E-state index contributed by atoms with van der Waals surface area (Å²) in [4.78, 5) is 15.0. The molecular weight excluding hydrogens is 170 g/mol. The molecule has 0 fully saturated rings. The monoisotopic (exact) mass is 181 g/mol. The Hall–Kier alpha value is -1.46. The second-order valence-corrected chi connectivity index (χ2v) is 2.34. The van der Waals surface area contributed by atoms with Crippen molar-refractivity contribution in [3.8, 4) is 0 Å². The fraction of sp³-hybridized carbons (Fsp3) is 0.250. The van der Waals surface area contributed by atoms with Gasteiger partial charge in [-0.05, 0) is 12.1 Å². The van der Waals surface area contributed by atoms with Crippen molar-refractivity contribution in [1.82, 2.24) is 15.8 Å². The van der Waals surface area contributed by atoms with Crippen LogP contribution in [-0.2, 0) is 0 Å². The predicted octanol–water partition coefficient (Wildman–Crippen LogP) is -0.692. The van der Waals surface area contributed by atoms with Crippen LogP contribution in [0.2, 0.25) is 0 Å². The third-order valence-corrected chi connectivity index (χ3v) is 1.38. The Morgan fingerprint density at radius 2 is 2.15 bits per heavy atom. The Morgan fingerprint density at radius 1 is 1.46 bits per heavy atom. The lowest BCUT2D eigenvalue weighted by molar-refractivity contribution is 0.0930. The molecule has 1 rings (SSSR count). The van der Waals surface area contributed by atoms with Gasteiger partial charge in [0.05, 0.1) is 6.61 Å². The maximum Gasteiger partial charge on any atom is 0.265 e. The molecule has 1 amide bonds. The number of aromatic nitrogens is 1. The zero-order valence-corrected chi connectivity index (χ0v) is 7.03. The van der Waals surface area contributed by atoms with Crippen LogP contribution in [0.25, 0.3) is 0 Å². The van der Waals surface area contributed by atoms with Crippen molar-refractivity contribution >= 4 is 5.91 Å². The van der Waals surface area contributed by atoms with Gasteiger partial charge in [0.2, 0.25) is 0 Å². The van der Waals surface area contributed by atoms with Crippen LogP contribution < -0.4 is 10.9 Å². The molecule has 0 aromatic carbocycles. The number of hydrazine groups is 1. The summed E-state index contributed by atoms with van der Waals surface area (Å²) in [5.74, 6) is -0.240. The van der Waals surface area contributed by atoms with E-state index in [9.17, 15) is 4.79 Å². The van der Waals surface area contributed by atoms with Crippen LogP contribution in [0, 0.1) is 0 Å². The van der Waals surface area contributed by atoms with Gasteiger partial charge < -0.3 is 5.11 Å². The lowest BCUT2D eigenvalue weighted by Crippen LogP contribution is -2.38. The van der Waals surface area contributed by atoms with Gasteiger partial charge >= 0.3 is 0 Å². The zero-order chi connectivity index (χ0) is 9.52. The second-order valence-electron chi connectivity index (χ2n) is 2.34. The average molecular weight is 181 g/mol. The quantitative estimate of drug-likeness (QED) is 0.424. The van der Waals surface area contributed by atoms with E-state index in [-0.39, 0.29) is 12.5 Å². The predicted molar refractivity (Wildman–Crippen MR) is 46.8 cm³/mol. The van der Waals surface area contributed by atoms with Crippen molar-refractivity contribution < 1.29 is 9.90 Å². The van der Waals surface area contributed by atoms with Crippen LogP contribution in [0.5, 0.6) is 0 Å². The Bertz CT molecular complexity index is 263. The van der Waals surface area contributed by atoms with Gasteiger partial charge in [0.25, 0.3) is 5.91 Å². The van der Waals surface area contributed by atoms with Crippen molar-refractivity contribution in [2.24, 2.45) is 0 Å². The summed E-state index contributed by atoms with van der Waals surface area (Å²) < 4.78 is 0. The number of carbonyl (C=O) groups excluding carboxylic acids is 1. The van der Waals surface area contributed by atoms with Crippen molar-refractivity contribution in [3.63, 3.8) is 0 Å². The van der Waals surface area contributed by atoms with Gasteiger partial charge in [-0.15, -0.1) is 0 Å². The molecule has 0 radical (unpaired) electrons. The zero-order valence-electron chi connectivity index (χ0n) is 7.03. The van der Waals surface area contributed by atoms with E-state index in [1.165, 1.54) is 0 Å². The maximum atomic E-state index is 11.2. The molecule has 0 saturated carbocycles. The highest BCUT2D eigenvalue weighted by atomic mass is 16.3. The number of nitrogens with zero attached hydrogens (tertiary/aromatic N) is 1. The van der Waals surface area contributed by atoms with Crippen LogP contribution in [0.3, 0.4) is 0 Å². The minimum atomic E-state index is -0.240. The summed E-state index contributed by atoms with van der Waals surface area (Å²) in [5.41, 5.74) is 5.51. The molecule has 0 bridgehead atoms. The third-order valence-electron chi connectivity index (χ3n) is 1.38. The summed E-state index contributed by atoms with van der Waals surface area (Å²) in [6.45, 7) is 0.313. The van der Waals surface area contributed by atoms with E-state index in [1.54, 1.807) is 24.5 Å². The SMILES string of the molecule is O=C(NNCCO)c1ccncc1. The van der Waals surface area contributed by atoms with Crippen molar-refractivity contribution in [2.75, 3.05) is 13.2 Å². The molecule has 13 heavy (non-hydrogen) atoms. The van der Waals surface area contributed by atoms with E-state index >= 15 is 0 Å². The molecular formula is C8H11N3O2. The molecule has 1 aromatic rings. The summed E-state index contributed by atoms with van der Waals surface area (Å²) in [5, 5.41) is 8.43. The normalized spacial score (nSPS) is 9.62. The van der Waals surface area contributed by atoms with Gasteiger partial charge in [-0.1, -0.05) is 0 Å².